The number of hydrogen-bond donors (Lipinski definition) is 1. The van der Waals surface area contributed by atoms with Crippen molar-refractivity contribution < 1.29 is 47.3 Å². The first-order valence-electron chi connectivity index (χ1n) is 8.69. The molecule has 0 aliphatic rings. The molecule has 24 heavy (non-hydrogen) atoms. The Morgan fingerprint density at radius 1 is 0.917 bits per heavy atom. The summed E-state index contributed by atoms with van der Waals surface area (Å²) in [6, 6.07) is 0. The molecule has 7 heteroatoms. The number of carbonyl (C=O) groups is 1. The van der Waals surface area contributed by atoms with E-state index in [0.29, 0.717) is 6.42 Å². The molecular weight excluding hydrogens is 337 g/mol. The van der Waals surface area contributed by atoms with Gasteiger partial charge < -0.3 is 10.3 Å². The van der Waals surface area contributed by atoms with Gasteiger partial charge in [0.1, 0.15) is 0 Å². The molecule has 0 aromatic carbocycles. The second-order valence-corrected chi connectivity index (χ2v) is 7.28. The fourth-order valence-electron chi connectivity index (χ4n) is 2.12. The minimum Gasteiger partial charge on any atom is -0.748 e. The van der Waals surface area contributed by atoms with E-state index in [4.69, 9.17) is 0 Å². The second-order valence-electron chi connectivity index (χ2n) is 5.76. The topological polar surface area (TPSA) is 100 Å². The molecular formula is C17H34NNaO4S. The summed E-state index contributed by atoms with van der Waals surface area (Å²) in [6.07, 6.45) is 15.3. The minimum absolute atomic E-state index is 0. The summed E-state index contributed by atoms with van der Waals surface area (Å²) in [5.41, 5.74) is 4.53. The molecule has 0 unspecified atom stereocenters. The molecule has 0 bridgehead atoms. The van der Waals surface area contributed by atoms with Gasteiger partial charge in [0.15, 0.2) is 0 Å². The molecule has 0 saturated heterocycles. The molecule has 0 heterocycles. The van der Waals surface area contributed by atoms with E-state index in [1.54, 1.807) is 0 Å². The fourth-order valence-corrected chi connectivity index (χ4v) is 2.68. The van der Waals surface area contributed by atoms with Crippen LogP contribution in [0.25, 0.3) is 0 Å². The predicted molar refractivity (Wildman–Crippen MR) is 95.0 cm³/mol. The van der Waals surface area contributed by atoms with Gasteiger partial charge in [-0.1, -0.05) is 84.1 Å². The van der Waals surface area contributed by atoms with Crippen LogP contribution >= 0.6 is 0 Å². The Balaban J connectivity index is -0.000000639. The largest absolute Gasteiger partial charge is 1.00 e. The Morgan fingerprint density at radius 2 is 1.21 bits per heavy atom. The molecule has 138 valence electrons. The summed E-state index contributed by atoms with van der Waals surface area (Å²) in [7, 11) is -3.99. The van der Waals surface area contributed by atoms with Gasteiger partial charge in [-0.3, -0.25) is 4.79 Å². The van der Waals surface area contributed by atoms with Gasteiger partial charge in [0.05, 0.1) is 10.1 Å². The number of primary amides is 1. The van der Waals surface area contributed by atoms with Crippen molar-refractivity contribution in [3.63, 3.8) is 0 Å². The molecule has 1 amide bonds. The van der Waals surface area contributed by atoms with E-state index in [1.165, 1.54) is 57.8 Å². The molecule has 0 rings (SSSR count). The summed E-state index contributed by atoms with van der Waals surface area (Å²) in [5, 5.41) is 0. The van der Waals surface area contributed by atoms with Crippen LogP contribution in [0.3, 0.4) is 0 Å². The fraction of sp³-hybridized carbons (Fsp3) is 0.824. The van der Waals surface area contributed by atoms with E-state index in [-0.39, 0.29) is 35.3 Å². The first-order valence-corrected chi connectivity index (χ1v) is 10.3. The molecule has 0 saturated carbocycles. The summed E-state index contributed by atoms with van der Waals surface area (Å²) in [6.45, 7) is 5.32. The molecule has 5 nitrogen and oxygen atoms in total. The van der Waals surface area contributed by atoms with Crippen molar-refractivity contribution in [3.05, 3.63) is 12.7 Å². The molecule has 0 radical (unpaired) electrons. The van der Waals surface area contributed by atoms with Crippen LogP contribution in [0, 0.1) is 0 Å². The van der Waals surface area contributed by atoms with Crippen molar-refractivity contribution in [2.24, 2.45) is 5.73 Å². The monoisotopic (exact) mass is 371 g/mol. The van der Waals surface area contributed by atoms with E-state index in [0.717, 1.165) is 18.9 Å². The second kappa shape index (κ2) is 21.2. The van der Waals surface area contributed by atoms with Crippen molar-refractivity contribution in [1.29, 1.82) is 0 Å². The maximum absolute atomic E-state index is 10.4. The van der Waals surface area contributed by atoms with Gasteiger partial charge in [-0.15, -0.1) is 0 Å². The zero-order valence-corrected chi connectivity index (χ0v) is 18.4. The summed E-state index contributed by atoms with van der Waals surface area (Å²) in [4.78, 5) is 9.47. The van der Waals surface area contributed by atoms with Crippen LogP contribution in [0.1, 0.15) is 84.0 Å². The number of carbonyl (C=O) groups excluding carboxylic acids is 1. The zero-order valence-electron chi connectivity index (χ0n) is 15.6. The molecule has 0 aliphatic carbocycles. The molecule has 0 spiro atoms. The molecule has 0 aromatic heterocycles. The smallest absolute Gasteiger partial charge is 0.748 e. The Morgan fingerprint density at radius 3 is 1.46 bits per heavy atom. The van der Waals surface area contributed by atoms with Crippen molar-refractivity contribution in [2.45, 2.75) is 84.0 Å². The van der Waals surface area contributed by atoms with Gasteiger partial charge >= 0.3 is 29.6 Å². The van der Waals surface area contributed by atoms with Gasteiger partial charge in [-0.05, 0) is 12.5 Å². The van der Waals surface area contributed by atoms with Crippen molar-refractivity contribution in [2.75, 3.05) is 5.75 Å². The quantitative estimate of drug-likeness (QED) is 0.212. The Labute approximate surface area is 170 Å². The van der Waals surface area contributed by atoms with Gasteiger partial charge in [-0.25, -0.2) is 8.42 Å². The van der Waals surface area contributed by atoms with Crippen LogP contribution in [0.2, 0.25) is 0 Å². The molecule has 0 aromatic rings. The minimum atomic E-state index is -3.99. The average Bonchev–Trinajstić information content (AvgIpc) is 2.48. The van der Waals surface area contributed by atoms with E-state index in [1.807, 2.05) is 0 Å². The van der Waals surface area contributed by atoms with Crippen LogP contribution < -0.4 is 35.3 Å². The summed E-state index contributed by atoms with van der Waals surface area (Å²) >= 11 is 0. The van der Waals surface area contributed by atoms with E-state index in [9.17, 15) is 17.8 Å². The van der Waals surface area contributed by atoms with Gasteiger partial charge in [0.25, 0.3) is 0 Å². The van der Waals surface area contributed by atoms with Crippen LogP contribution in [0.5, 0.6) is 0 Å². The van der Waals surface area contributed by atoms with Crippen LogP contribution in [0.15, 0.2) is 12.7 Å². The SMILES string of the molecule is C=CC(N)=O.CCCCCCCCCCCCCCS(=O)(=O)[O-].[Na+]. The number of amides is 1. The van der Waals surface area contributed by atoms with Crippen molar-refractivity contribution >= 4 is 16.0 Å². The van der Waals surface area contributed by atoms with E-state index in [2.05, 4.69) is 19.2 Å². The number of hydrogen-bond acceptors (Lipinski definition) is 4. The standard InChI is InChI=1S/C14H30O3S.C3H5NO.Na/c1-2-3-4-5-6-7-8-9-10-11-12-13-14-18(15,16)17;1-2-3(4)5;/h2-14H2,1H3,(H,15,16,17);2H,1H2,(H2,4,5);/q;;+1/p-1. The number of nitrogens with two attached hydrogens (primary N) is 1. The van der Waals surface area contributed by atoms with Gasteiger partial charge in [-0.2, -0.15) is 0 Å². The third-order valence-electron chi connectivity index (χ3n) is 3.45. The predicted octanol–water partition coefficient (Wildman–Crippen LogP) is 0.894. The normalized spacial score (nSPS) is 10.2. The number of unbranched alkanes of at least 4 members (excludes halogenated alkanes) is 11. The Hall–Kier alpha value is 0.120. The zero-order chi connectivity index (χ0) is 18.0. The third kappa shape index (κ3) is 33.7. The number of rotatable bonds is 14. The van der Waals surface area contributed by atoms with Crippen LogP contribution in [0.4, 0.5) is 0 Å². The maximum Gasteiger partial charge on any atom is 1.00 e. The van der Waals surface area contributed by atoms with Crippen molar-refractivity contribution in [1.82, 2.24) is 0 Å². The maximum atomic E-state index is 10.4. The summed E-state index contributed by atoms with van der Waals surface area (Å²) in [5.74, 6) is -0.672. The average molecular weight is 372 g/mol. The van der Waals surface area contributed by atoms with Crippen LogP contribution in [-0.2, 0) is 14.9 Å². The third-order valence-corrected chi connectivity index (χ3v) is 4.24. The van der Waals surface area contributed by atoms with Gasteiger partial charge in [0.2, 0.25) is 5.91 Å². The first kappa shape index (κ1) is 28.9. The first-order chi connectivity index (χ1) is 10.8. The molecule has 0 atom stereocenters. The van der Waals surface area contributed by atoms with Crippen molar-refractivity contribution in [3.8, 4) is 0 Å². The van der Waals surface area contributed by atoms with E-state index >= 15 is 0 Å². The molecule has 0 aliphatic heterocycles. The molecule has 0 fully saturated rings. The van der Waals surface area contributed by atoms with E-state index < -0.39 is 16.0 Å². The van der Waals surface area contributed by atoms with Crippen LogP contribution in [-0.4, -0.2) is 24.6 Å². The summed E-state index contributed by atoms with van der Waals surface area (Å²) < 4.78 is 31.1. The molecule has 2 N–H and O–H groups in total. The Bertz CT molecular complexity index is 386. The Kier molecular flexibility index (Phi) is 25.5. The van der Waals surface area contributed by atoms with Gasteiger partial charge in [0, 0.05) is 5.75 Å².